The summed E-state index contributed by atoms with van der Waals surface area (Å²) in [6.07, 6.45) is 1.04. The molecule has 7 nitrogen and oxygen atoms in total. The van der Waals surface area contributed by atoms with Crippen molar-refractivity contribution in [2.24, 2.45) is 0 Å². The number of methoxy groups -OCH3 is 1. The van der Waals surface area contributed by atoms with E-state index < -0.39 is 18.0 Å². The number of likely N-dealkylation sites (tertiary alicyclic amines) is 1. The highest BCUT2D eigenvalue weighted by molar-refractivity contribution is 6.35. The first-order chi connectivity index (χ1) is 12.8. The van der Waals surface area contributed by atoms with Crippen LogP contribution in [0.3, 0.4) is 0 Å². The van der Waals surface area contributed by atoms with Gasteiger partial charge in [-0.1, -0.05) is 29.3 Å². The molecule has 0 spiro atoms. The number of hydrogen-bond donors (Lipinski definition) is 2. The summed E-state index contributed by atoms with van der Waals surface area (Å²) in [5, 5.41) is 12.7. The first kappa shape index (κ1) is 21.5. The number of carboxylic acids is 1. The molecule has 2 atom stereocenters. The molecule has 0 saturated carbocycles. The minimum absolute atomic E-state index is 0.0560. The molecule has 1 aromatic carbocycles. The van der Waals surface area contributed by atoms with Crippen LogP contribution in [0, 0.1) is 0 Å². The Bertz CT molecular complexity index is 713. The smallest absolute Gasteiger partial charge is 0.323 e. The van der Waals surface area contributed by atoms with Gasteiger partial charge in [0.25, 0.3) is 0 Å². The first-order valence-electron chi connectivity index (χ1n) is 8.57. The average Bonchev–Trinajstić information content (AvgIpc) is 2.62. The molecule has 1 saturated heterocycles. The van der Waals surface area contributed by atoms with Gasteiger partial charge in [-0.3, -0.25) is 19.3 Å². The number of carboxylic acid groups (broad SMARTS) is 1. The topological polar surface area (TPSA) is 95.9 Å². The molecule has 9 heteroatoms. The maximum Gasteiger partial charge on any atom is 0.323 e. The van der Waals surface area contributed by atoms with E-state index in [-0.39, 0.29) is 31.3 Å². The second-order valence-corrected chi connectivity index (χ2v) is 7.26. The van der Waals surface area contributed by atoms with E-state index in [2.05, 4.69) is 5.32 Å². The van der Waals surface area contributed by atoms with E-state index >= 15 is 0 Å². The molecule has 2 unspecified atom stereocenters. The summed E-state index contributed by atoms with van der Waals surface area (Å²) in [5.41, 5.74) is 0.668. The predicted molar refractivity (Wildman–Crippen MR) is 101 cm³/mol. The molecule has 1 heterocycles. The minimum Gasteiger partial charge on any atom is -0.481 e. The van der Waals surface area contributed by atoms with Crippen LogP contribution in [0.2, 0.25) is 10.0 Å². The van der Waals surface area contributed by atoms with Crippen LogP contribution in [-0.4, -0.2) is 60.1 Å². The summed E-state index contributed by atoms with van der Waals surface area (Å²) < 4.78 is 4.83. The summed E-state index contributed by atoms with van der Waals surface area (Å²) in [6.45, 7) is 0.760. The number of nitrogens with one attached hydrogen (secondary N) is 1. The Hall–Kier alpha value is -1.83. The molecule has 0 aliphatic carbocycles. The number of nitrogens with zero attached hydrogens (tertiary/aromatic N) is 1. The molecule has 2 rings (SSSR count). The fourth-order valence-corrected chi connectivity index (χ4v) is 3.63. The van der Waals surface area contributed by atoms with Crippen molar-refractivity contribution in [3.8, 4) is 0 Å². The van der Waals surface area contributed by atoms with E-state index in [9.17, 15) is 14.4 Å². The van der Waals surface area contributed by atoms with E-state index in [1.54, 1.807) is 23.1 Å². The molecular formula is C18H22Cl2N2O5. The Kier molecular flexibility index (Phi) is 7.89. The maximum absolute atomic E-state index is 12.4. The van der Waals surface area contributed by atoms with Gasteiger partial charge >= 0.3 is 11.9 Å². The zero-order valence-corrected chi connectivity index (χ0v) is 16.4. The van der Waals surface area contributed by atoms with Crippen molar-refractivity contribution in [3.05, 3.63) is 33.8 Å². The third kappa shape index (κ3) is 6.37. The fourth-order valence-electron chi connectivity index (χ4n) is 3.15. The standard InChI is InChI=1S/C18H22Cl2N2O5/c1-27-18(26)15-10-13(4-6-22(15)7-5-17(24)25)21-16(23)8-11-2-3-12(19)9-14(11)20/h2-3,9,13,15H,4-8,10H2,1H3,(H,21,23)(H,24,25). The van der Waals surface area contributed by atoms with Crippen LogP contribution in [0.5, 0.6) is 0 Å². The van der Waals surface area contributed by atoms with Crippen LogP contribution >= 0.6 is 23.2 Å². The van der Waals surface area contributed by atoms with Crippen molar-refractivity contribution in [2.75, 3.05) is 20.2 Å². The molecule has 0 bridgehead atoms. The Labute approximate surface area is 167 Å². The molecule has 0 aromatic heterocycles. The van der Waals surface area contributed by atoms with Gasteiger partial charge in [-0.2, -0.15) is 0 Å². The van der Waals surface area contributed by atoms with Crippen LogP contribution in [0.1, 0.15) is 24.8 Å². The molecule has 27 heavy (non-hydrogen) atoms. The van der Waals surface area contributed by atoms with Gasteiger partial charge in [-0.15, -0.1) is 0 Å². The number of amides is 1. The zero-order valence-electron chi connectivity index (χ0n) is 14.9. The third-order valence-electron chi connectivity index (χ3n) is 4.53. The van der Waals surface area contributed by atoms with Crippen molar-refractivity contribution < 1.29 is 24.2 Å². The van der Waals surface area contributed by atoms with Crippen LogP contribution < -0.4 is 5.32 Å². The molecule has 2 N–H and O–H groups in total. The van der Waals surface area contributed by atoms with Crippen molar-refractivity contribution in [3.63, 3.8) is 0 Å². The second-order valence-electron chi connectivity index (χ2n) is 6.42. The van der Waals surface area contributed by atoms with Crippen LogP contribution in [0.25, 0.3) is 0 Å². The Morgan fingerprint density at radius 1 is 1.33 bits per heavy atom. The number of hydrogen-bond acceptors (Lipinski definition) is 5. The van der Waals surface area contributed by atoms with Gasteiger partial charge in [0.2, 0.25) is 5.91 Å². The predicted octanol–water partition coefficient (Wildman–Crippen LogP) is 2.13. The molecule has 1 fully saturated rings. The van der Waals surface area contributed by atoms with Gasteiger partial charge in [0.1, 0.15) is 6.04 Å². The molecule has 0 radical (unpaired) electrons. The highest BCUT2D eigenvalue weighted by Gasteiger charge is 2.34. The van der Waals surface area contributed by atoms with Crippen molar-refractivity contribution in [1.29, 1.82) is 0 Å². The van der Waals surface area contributed by atoms with Gasteiger partial charge in [-0.05, 0) is 30.5 Å². The van der Waals surface area contributed by atoms with Crippen LogP contribution in [0.4, 0.5) is 0 Å². The monoisotopic (exact) mass is 416 g/mol. The van der Waals surface area contributed by atoms with Crippen LogP contribution in [0.15, 0.2) is 18.2 Å². The summed E-state index contributed by atoms with van der Waals surface area (Å²) >= 11 is 12.0. The summed E-state index contributed by atoms with van der Waals surface area (Å²) in [4.78, 5) is 37.0. The Morgan fingerprint density at radius 2 is 2.07 bits per heavy atom. The summed E-state index contributed by atoms with van der Waals surface area (Å²) in [7, 11) is 1.29. The lowest BCUT2D eigenvalue weighted by atomic mass is 9.96. The number of esters is 1. The average molecular weight is 417 g/mol. The van der Waals surface area contributed by atoms with Gasteiger partial charge in [0.15, 0.2) is 0 Å². The Balaban J connectivity index is 1.95. The lowest BCUT2D eigenvalue weighted by Crippen LogP contribution is -2.53. The molecule has 148 valence electrons. The number of aliphatic carboxylic acids is 1. The lowest BCUT2D eigenvalue weighted by Gasteiger charge is -2.37. The molecular weight excluding hydrogens is 395 g/mol. The largest absolute Gasteiger partial charge is 0.481 e. The van der Waals surface area contributed by atoms with Gasteiger partial charge in [-0.25, -0.2) is 0 Å². The summed E-state index contributed by atoms with van der Waals surface area (Å²) in [5.74, 6) is -1.55. The Morgan fingerprint density at radius 3 is 2.70 bits per heavy atom. The number of carbonyl (C=O) groups is 3. The van der Waals surface area contributed by atoms with Crippen molar-refractivity contribution in [2.45, 2.75) is 37.8 Å². The molecule has 1 amide bonds. The van der Waals surface area contributed by atoms with Gasteiger partial charge < -0.3 is 15.2 Å². The number of benzene rings is 1. The number of piperidine rings is 1. The quantitative estimate of drug-likeness (QED) is 0.660. The fraction of sp³-hybridized carbons (Fsp3) is 0.500. The number of carbonyl (C=O) groups excluding carboxylic acids is 2. The van der Waals surface area contributed by atoms with E-state index in [0.717, 1.165) is 0 Å². The van der Waals surface area contributed by atoms with Crippen molar-refractivity contribution in [1.82, 2.24) is 10.2 Å². The van der Waals surface area contributed by atoms with Gasteiger partial charge in [0, 0.05) is 29.2 Å². The first-order valence-corrected chi connectivity index (χ1v) is 9.32. The maximum atomic E-state index is 12.4. The van der Waals surface area contributed by atoms with Crippen LogP contribution in [-0.2, 0) is 25.5 Å². The highest BCUT2D eigenvalue weighted by atomic mass is 35.5. The number of rotatable bonds is 7. The third-order valence-corrected chi connectivity index (χ3v) is 5.12. The van der Waals surface area contributed by atoms with E-state index in [0.29, 0.717) is 35.0 Å². The normalized spacial score (nSPS) is 20.1. The minimum atomic E-state index is -0.922. The van der Waals surface area contributed by atoms with Crippen molar-refractivity contribution >= 4 is 41.0 Å². The zero-order chi connectivity index (χ0) is 20.0. The molecule has 1 aliphatic rings. The summed E-state index contributed by atoms with van der Waals surface area (Å²) in [6, 6.07) is 4.18. The molecule has 1 aromatic rings. The van der Waals surface area contributed by atoms with E-state index in [1.807, 2.05) is 0 Å². The lowest BCUT2D eigenvalue weighted by molar-refractivity contribution is -0.150. The van der Waals surface area contributed by atoms with E-state index in [4.69, 9.17) is 33.0 Å². The highest BCUT2D eigenvalue weighted by Crippen LogP contribution is 2.22. The van der Waals surface area contributed by atoms with Gasteiger partial charge in [0.05, 0.1) is 20.0 Å². The SMILES string of the molecule is COC(=O)C1CC(NC(=O)Cc2ccc(Cl)cc2Cl)CCN1CCC(=O)O. The number of halogens is 2. The second kappa shape index (κ2) is 9.92. The number of ether oxygens (including phenoxy) is 1. The van der Waals surface area contributed by atoms with E-state index in [1.165, 1.54) is 7.11 Å². The molecule has 1 aliphatic heterocycles.